The molecule has 0 aliphatic rings. The van der Waals surface area contributed by atoms with Crippen LogP contribution in [0.2, 0.25) is 0 Å². The van der Waals surface area contributed by atoms with Gasteiger partial charge in [0, 0.05) is 4.91 Å². The molecule has 0 spiro atoms. The number of hydrogen-bond acceptors (Lipinski definition) is 3. The summed E-state index contributed by atoms with van der Waals surface area (Å²) in [5.41, 5.74) is 7.97. The van der Waals surface area contributed by atoms with Crippen LogP contribution in [0.3, 0.4) is 0 Å². The lowest BCUT2D eigenvalue weighted by atomic mass is 10.4. The molecule has 0 saturated carbocycles. The van der Waals surface area contributed by atoms with E-state index in [4.69, 9.17) is 5.53 Å². The molecule has 0 aromatic carbocycles. The highest BCUT2D eigenvalue weighted by atomic mass is 32.2. The van der Waals surface area contributed by atoms with E-state index < -0.39 is 0 Å². The van der Waals surface area contributed by atoms with Crippen molar-refractivity contribution in [2.75, 3.05) is 6.26 Å². The Morgan fingerprint density at radius 1 is 1.80 bits per heavy atom. The molecule has 5 heteroatoms. The molecule has 0 radical (unpaired) electrons. The zero-order valence-electron chi connectivity index (χ0n) is 5.74. The lowest BCUT2D eigenvalue weighted by molar-refractivity contribution is -0.112. The summed E-state index contributed by atoms with van der Waals surface area (Å²) in [6.45, 7) is 1.41. The normalized spacial score (nSPS) is 10.4. The Morgan fingerprint density at radius 3 is 2.70 bits per heavy atom. The van der Waals surface area contributed by atoms with Gasteiger partial charge >= 0.3 is 0 Å². The standard InChI is InChI=1S/C5H7N3OS/c1-4(9)3-5(10-2)7-8-6/h3H,1-2H3/b5-3-. The minimum atomic E-state index is -0.114. The van der Waals surface area contributed by atoms with Gasteiger partial charge < -0.3 is 0 Å². The van der Waals surface area contributed by atoms with Crippen molar-refractivity contribution >= 4 is 17.5 Å². The molecule has 54 valence electrons. The second-order valence-electron chi connectivity index (χ2n) is 1.49. The molecule has 10 heavy (non-hydrogen) atoms. The van der Waals surface area contributed by atoms with Crippen LogP contribution in [-0.4, -0.2) is 12.0 Å². The number of allylic oxidation sites excluding steroid dienone is 1. The van der Waals surface area contributed by atoms with Crippen LogP contribution in [0.25, 0.3) is 10.4 Å². The van der Waals surface area contributed by atoms with Gasteiger partial charge in [0.25, 0.3) is 0 Å². The smallest absolute Gasteiger partial charge is 0.153 e. The molecule has 0 atom stereocenters. The Balaban J connectivity index is 4.32. The number of hydrogen-bond donors (Lipinski definition) is 0. The summed E-state index contributed by atoms with van der Waals surface area (Å²) in [5, 5.41) is 3.66. The van der Waals surface area contributed by atoms with Crippen LogP contribution >= 0.6 is 11.8 Å². The summed E-state index contributed by atoms with van der Waals surface area (Å²) in [7, 11) is 0. The topological polar surface area (TPSA) is 65.8 Å². The molecule has 4 nitrogen and oxygen atoms in total. The van der Waals surface area contributed by atoms with E-state index in [1.165, 1.54) is 24.8 Å². The number of thioether (sulfide) groups is 1. The SMILES string of the molecule is CS/C(=C\C(C)=O)N=[N+]=[N-]. The number of azide groups is 1. The van der Waals surface area contributed by atoms with E-state index in [0.29, 0.717) is 5.03 Å². The Kier molecular flexibility index (Phi) is 4.45. The molecule has 0 fully saturated rings. The van der Waals surface area contributed by atoms with E-state index >= 15 is 0 Å². The van der Waals surface area contributed by atoms with Crippen molar-refractivity contribution in [2.24, 2.45) is 5.11 Å². The van der Waals surface area contributed by atoms with Gasteiger partial charge in [-0.15, -0.1) is 11.8 Å². The molecule has 0 rings (SSSR count). The molecule has 0 aliphatic heterocycles. The number of carbonyl (C=O) groups is 1. The Labute approximate surface area is 62.9 Å². The van der Waals surface area contributed by atoms with Crippen LogP contribution in [0.5, 0.6) is 0 Å². The van der Waals surface area contributed by atoms with E-state index in [1.54, 1.807) is 6.26 Å². The predicted octanol–water partition coefficient (Wildman–Crippen LogP) is 2.09. The first kappa shape index (κ1) is 9.07. The first-order valence-corrected chi connectivity index (χ1v) is 3.74. The second kappa shape index (κ2) is 4.90. The minimum Gasteiger partial charge on any atom is -0.295 e. The van der Waals surface area contributed by atoms with Crippen LogP contribution in [0.1, 0.15) is 6.92 Å². The number of nitrogens with zero attached hydrogens (tertiary/aromatic N) is 3. The lowest BCUT2D eigenvalue weighted by Crippen LogP contribution is -1.81. The summed E-state index contributed by atoms with van der Waals surface area (Å²) in [5.74, 6) is -0.114. The lowest BCUT2D eigenvalue weighted by Gasteiger charge is -1.88. The van der Waals surface area contributed by atoms with Crippen LogP contribution in [0.15, 0.2) is 16.2 Å². The quantitative estimate of drug-likeness (QED) is 0.272. The summed E-state index contributed by atoms with van der Waals surface area (Å²) in [6, 6.07) is 0. The molecule has 0 bridgehead atoms. The fourth-order valence-corrected chi connectivity index (χ4v) is 0.749. The minimum absolute atomic E-state index is 0.114. The maximum atomic E-state index is 10.4. The molecule has 0 aliphatic carbocycles. The monoisotopic (exact) mass is 157 g/mol. The Bertz CT molecular complexity index is 205. The van der Waals surface area contributed by atoms with Gasteiger partial charge in [-0.3, -0.25) is 4.79 Å². The average molecular weight is 157 g/mol. The highest BCUT2D eigenvalue weighted by Crippen LogP contribution is 2.12. The molecule has 0 unspecified atom stereocenters. The third-order valence-electron chi connectivity index (χ3n) is 0.679. The van der Waals surface area contributed by atoms with Crippen molar-refractivity contribution in [3.8, 4) is 0 Å². The average Bonchev–Trinajstić information content (AvgIpc) is 1.86. The van der Waals surface area contributed by atoms with E-state index in [9.17, 15) is 4.79 Å². The summed E-state index contributed by atoms with van der Waals surface area (Å²) >= 11 is 1.24. The van der Waals surface area contributed by atoms with Crippen molar-refractivity contribution in [3.05, 3.63) is 21.5 Å². The first-order valence-electron chi connectivity index (χ1n) is 2.52. The summed E-state index contributed by atoms with van der Waals surface area (Å²) in [4.78, 5) is 13.0. The Morgan fingerprint density at radius 2 is 2.40 bits per heavy atom. The van der Waals surface area contributed by atoms with Crippen LogP contribution in [-0.2, 0) is 4.79 Å². The van der Waals surface area contributed by atoms with E-state index in [2.05, 4.69) is 10.0 Å². The Hall–Kier alpha value is -0.930. The maximum Gasteiger partial charge on any atom is 0.153 e. The number of carbonyl (C=O) groups excluding carboxylic acids is 1. The van der Waals surface area contributed by atoms with Crippen LogP contribution in [0, 0.1) is 0 Å². The molecule has 0 amide bonds. The molecule has 0 aromatic heterocycles. The summed E-state index contributed by atoms with van der Waals surface area (Å²) < 4.78 is 0. The molecule has 0 aromatic rings. The van der Waals surface area contributed by atoms with Crippen LogP contribution < -0.4 is 0 Å². The van der Waals surface area contributed by atoms with Crippen molar-refractivity contribution in [1.82, 2.24) is 0 Å². The van der Waals surface area contributed by atoms with Gasteiger partial charge in [0.15, 0.2) is 5.78 Å². The van der Waals surface area contributed by atoms with Gasteiger partial charge in [-0.2, -0.15) is 0 Å². The number of rotatable bonds is 3. The molecule has 0 N–H and O–H groups in total. The fourth-order valence-electron chi connectivity index (χ4n) is 0.347. The van der Waals surface area contributed by atoms with Crippen molar-refractivity contribution < 1.29 is 4.79 Å². The maximum absolute atomic E-state index is 10.4. The third-order valence-corrected chi connectivity index (χ3v) is 1.30. The zero-order chi connectivity index (χ0) is 7.98. The van der Waals surface area contributed by atoms with Gasteiger partial charge in [-0.25, -0.2) is 0 Å². The van der Waals surface area contributed by atoms with Crippen molar-refractivity contribution in [1.29, 1.82) is 0 Å². The van der Waals surface area contributed by atoms with Gasteiger partial charge in [-0.05, 0) is 24.8 Å². The largest absolute Gasteiger partial charge is 0.295 e. The first-order chi connectivity index (χ1) is 4.70. The van der Waals surface area contributed by atoms with Crippen molar-refractivity contribution in [3.63, 3.8) is 0 Å². The van der Waals surface area contributed by atoms with Crippen LogP contribution in [0.4, 0.5) is 0 Å². The molecule has 0 heterocycles. The van der Waals surface area contributed by atoms with E-state index in [-0.39, 0.29) is 5.78 Å². The predicted molar refractivity (Wildman–Crippen MR) is 41.4 cm³/mol. The highest BCUT2D eigenvalue weighted by molar-refractivity contribution is 8.02. The van der Waals surface area contributed by atoms with Gasteiger partial charge in [-0.1, -0.05) is 5.11 Å². The van der Waals surface area contributed by atoms with E-state index in [1.807, 2.05) is 0 Å². The fraction of sp³-hybridized carbons (Fsp3) is 0.400. The third kappa shape index (κ3) is 4.00. The molecular weight excluding hydrogens is 150 g/mol. The zero-order valence-corrected chi connectivity index (χ0v) is 6.55. The molecule has 0 saturated heterocycles. The second-order valence-corrected chi connectivity index (χ2v) is 2.31. The van der Waals surface area contributed by atoms with Crippen molar-refractivity contribution in [2.45, 2.75) is 6.92 Å². The van der Waals surface area contributed by atoms with Gasteiger partial charge in [0.05, 0.1) is 5.03 Å². The highest BCUT2D eigenvalue weighted by Gasteiger charge is 1.91. The molecular formula is C5H7N3OS. The van der Waals surface area contributed by atoms with E-state index in [0.717, 1.165) is 0 Å². The van der Waals surface area contributed by atoms with Gasteiger partial charge in [0.2, 0.25) is 0 Å². The summed E-state index contributed by atoms with van der Waals surface area (Å²) in [6.07, 6.45) is 3.04. The van der Waals surface area contributed by atoms with Gasteiger partial charge in [0.1, 0.15) is 0 Å². The number of ketones is 1.